The molecule has 0 bridgehead atoms. The topological polar surface area (TPSA) is 61.6 Å². The molecule has 1 aliphatic heterocycles. The van der Waals surface area contributed by atoms with Crippen LogP contribution < -0.4 is 10.2 Å². The molecule has 1 fully saturated rings. The molecule has 1 atom stereocenters. The van der Waals surface area contributed by atoms with E-state index in [4.69, 9.17) is 0 Å². The van der Waals surface area contributed by atoms with Gasteiger partial charge < -0.3 is 15.1 Å². The molecule has 6 heteroatoms. The van der Waals surface area contributed by atoms with Gasteiger partial charge in [0, 0.05) is 55.7 Å². The minimum absolute atomic E-state index is 0.143. The van der Waals surface area contributed by atoms with Crippen LogP contribution in [0.2, 0.25) is 0 Å². The number of hydrogen-bond donors (Lipinski definition) is 1. The van der Waals surface area contributed by atoms with E-state index in [1.165, 1.54) is 0 Å². The van der Waals surface area contributed by atoms with Gasteiger partial charge in [-0.15, -0.1) is 0 Å². The number of rotatable bonds is 4. The summed E-state index contributed by atoms with van der Waals surface area (Å²) in [6, 6.07) is 5.61. The lowest BCUT2D eigenvalue weighted by Crippen LogP contribution is -2.50. The predicted molar refractivity (Wildman–Crippen MR) is 81.6 cm³/mol. The summed E-state index contributed by atoms with van der Waals surface area (Å²) >= 11 is 0. The van der Waals surface area contributed by atoms with Crippen molar-refractivity contribution in [1.82, 2.24) is 4.90 Å². The van der Waals surface area contributed by atoms with Crippen LogP contribution in [0.5, 0.6) is 0 Å². The Kier molecular flexibility index (Phi) is 4.44. The van der Waals surface area contributed by atoms with Crippen molar-refractivity contribution in [3.63, 3.8) is 0 Å². The zero-order valence-corrected chi connectivity index (χ0v) is 12.3. The Morgan fingerprint density at radius 3 is 2.75 bits per heavy atom. The minimum Gasteiger partial charge on any atom is -0.385 e. The fourth-order valence-electron chi connectivity index (χ4n) is 2.70. The molecule has 2 rings (SSSR count). The summed E-state index contributed by atoms with van der Waals surface area (Å²) in [5.74, 6) is 0. The summed E-state index contributed by atoms with van der Waals surface area (Å²) in [6.07, 6.45) is 0. The molecular formula is C14H22N4O2. The van der Waals surface area contributed by atoms with Crippen LogP contribution in [0.1, 0.15) is 13.8 Å². The Balaban J connectivity index is 2.32. The monoisotopic (exact) mass is 278 g/mol. The van der Waals surface area contributed by atoms with Gasteiger partial charge in [-0.3, -0.25) is 10.1 Å². The highest BCUT2D eigenvalue weighted by Gasteiger charge is 2.23. The molecular weight excluding hydrogens is 256 g/mol. The molecule has 1 aromatic carbocycles. The van der Waals surface area contributed by atoms with Gasteiger partial charge in [-0.1, -0.05) is 0 Å². The SMILES string of the molecule is CCNc1cc(N2CCN(C)CC2C)cc([N+](=O)[O-])c1. The van der Waals surface area contributed by atoms with E-state index in [1.807, 2.05) is 13.0 Å². The predicted octanol–water partition coefficient (Wildman–Crippen LogP) is 2.17. The number of likely N-dealkylation sites (N-methyl/N-ethyl adjacent to an activating group) is 1. The van der Waals surface area contributed by atoms with Crippen LogP contribution in [0.3, 0.4) is 0 Å². The maximum absolute atomic E-state index is 11.1. The fraction of sp³-hybridized carbons (Fsp3) is 0.571. The first-order valence-corrected chi connectivity index (χ1v) is 6.99. The molecule has 0 aliphatic carbocycles. The van der Waals surface area contributed by atoms with Gasteiger partial charge in [0.2, 0.25) is 0 Å². The van der Waals surface area contributed by atoms with E-state index >= 15 is 0 Å². The van der Waals surface area contributed by atoms with Crippen LogP contribution in [0.25, 0.3) is 0 Å². The fourth-order valence-corrected chi connectivity index (χ4v) is 2.70. The number of benzene rings is 1. The molecule has 6 nitrogen and oxygen atoms in total. The van der Waals surface area contributed by atoms with Crippen molar-refractivity contribution in [2.75, 3.05) is 43.4 Å². The molecule has 0 aromatic heterocycles. The summed E-state index contributed by atoms with van der Waals surface area (Å²) in [5.41, 5.74) is 1.88. The van der Waals surface area contributed by atoms with E-state index in [1.54, 1.807) is 12.1 Å². The molecule has 1 N–H and O–H groups in total. The Morgan fingerprint density at radius 2 is 2.15 bits per heavy atom. The van der Waals surface area contributed by atoms with Crippen LogP contribution >= 0.6 is 0 Å². The van der Waals surface area contributed by atoms with Crippen LogP contribution in [0.4, 0.5) is 17.1 Å². The number of piperazine rings is 1. The Morgan fingerprint density at radius 1 is 1.40 bits per heavy atom. The highest BCUT2D eigenvalue weighted by molar-refractivity contribution is 5.65. The third-order valence-electron chi connectivity index (χ3n) is 3.66. The molecule has 1 aliphatic rings. The Hall–Kier alpha value is -1.82. The maximum atomic E-state index is 11.1. The second-order valence-corrected chi connectivity index (χ2v) is 5.33. The summed E-state index contributed by atoms with van der Waals surface area (Å²) < 4.78 is 0. The molecule has 20 heavy (non-hydrogen) atoms. The van der Waals surface area contributed by atoms with Gasteiger partial charge in [-0.25, -0.2) is 0 Å². The average molecular weight is 278 g/mol. The van der Waals surface area contributed by atoms with Crippen molar-refractivity contribution in [2.45, 2.75) is 19.9 Å². The number of non-ortho nitro benzene ring substituents is 1. The summed E-state index contributed by atoms with van der Waals surface area (Å²) in [4.78, 5) is 15.3. The molecule has 1 unspecified atom stereocenters. The summed E-state index contributed by atoms with van der Waals surface area (Å²) in [6.45, 7) is 7.73. The van der Waals surface area contributed by atoms with Crippen molar-refractivity contribution < 1.29 is 4.92 Å². The standard InChI is InChI=1S/C14H22N4O2/c1-4-15-12-7-13(9-14(8-12)18(19)20)17-6-5-16(3)10-11(17)2/h7-9,11,15H,4-6,10H2,1-3H3. The highest BCUT2D eigenvalue weighted by Crippen LogP contribution is 2.29. The quantitative estimate of drug-likeness (QED) is 0.675. The lowest BCUT2D eigenvalue weighted by atomic mass is 10.1. The lowest BCUT2D eigenvalue weighted by Gasteiger charge is -2.39. The van der Waals surface area contributed by atoms with E-state index in [-0.39, 0.29) is 10.6 Å². The second-order valence-electron chi connectivity index (χ2n) is 5.33. The Labute approximate surface area is 119 Å². The molecule has 0 saturated carbocycles. The van der Waals surface area contributed by atoms with E-state index in [0.29, 0.717) is 6.04 Å². The zero-order chi connectivity index (χ0) is 14.7. The molecule has 1 aromatic rings. The van der Waals surface area contributed by atoms with Gasteiger partial charge in [0.15, 0.2) is 0 Å². The van der Waals surface area contributed by atoms with E-state index in [0.717, 1.165) is 37.6 Å². The molecule has 1 saturated heterocycles. The highest BCUT2D eigenvalue weighted by atomic mass is 16.6. The number of nitrogens with one attached hydrogen (secondary N) is 1. The van der Waals surface area contributed by atoms with E-state index < -0.39 is 0 Å². The number of nitro groups is 1. The molecule has 110 valence electrons. The molecule has 0 spiro atoms. The first kappa shape index (κ1) is 14.6. The van der Waals surface area contributed by atoms with Gasteiger partial charge in [-0.2, -0.15) is 0 Å². The second kappa shape index (κ2) is 6.09. The van der Waals surface area contributed by atoms with E-state index in [9.17, 15) is 10.1 Å². The van der Waals surface area contributed by atoms with Crippen LogP contribution in [0, 0.1) is 10.1 Å². The van der Waals surface area contributed by atoms with Crippen LogP contribution in [-0.2, 0) is 0 Å². The van der Waals surface area contributed by atoms with Gasteiger partial charge in [0.25, 0.3) is 5.69 Å². The van der Waals surface area contributed by atoms with Crippen molar-refractivity contribution >= 4 is 17.1 Å². The smallest absolute Gasteiger partial charge is 0.273 e. The number of nitro benzene ring substituents is 1. The third-order valence-corrected chi connectivity index (χ3v) is 3.66. The normalized spacial score (nSPS) is 19.9. The Bertz CT molecular complexity index is 492. The minimum atomic E-state index is -0.328. The van der Waals surface area contributed by atoms with Gasteiger partial charge >= 0.3 is 0 Å². The molecule has 1 heterocycles. The molecule has 0 radical (unpaired) electrons. The number of nitrogens with zero attached hydrogens (tertiary/aromatic N) is 3. The molecule has 0 amide bonds. The van der Waals surface area contributed by atoms with Crippen molar-refractivity contribution in [3.8, 4) is 0 Å². The zero-order valence-electron chi connectivity index (χ0n) is 12.3. The van der Waals surface area contributed by atoms with Crippen molar-refractivity contribution in [2.24, 2.45) is 0 Å². The van der Waals surface area contributed by atoms with Crippen molar-refractivity contribution in [3.05, 3.63) is 28.3 Å². The third kappa shape index (κ3) is 3.19. The first-order valence-electron chi connectivity index (χ1n) is 6.99. The first-order chi connectivity index (χ1) is 9.51. The number of hydrogen-bond acceptors (Lipinski definition) is 5. The van der Waals surface area contributed by atoms with Gasteiger partial charge in [0.05, 0.1) is 4.92 Å². The largest absolute Gasteiger partial charge is 0.385 e. The van der Waals surface area contributed by atoms with Crippen LogP contribution in [-0.4, -0.2) is 49.1 Å². The van der Waals surface area contributed by atoms with Gasteiger partial charge in [0.1, 0.15) is 0 Å². The summed E-state index contributed by atoms with van der Waals surface area (Å²) in [7, 11) is 2.10. The lowest BCUT2D eigenvalue weighted by molar-refractivity contribution is -0.384. The average Bonchev–Trinajstić information content (AvgIpc) is 2.38. The number of anilines is 2. The van der Waals surface area contributed by atoms with Gasteiger partial charge in [-0.05, 0) is 27.0 Å². The summed E-state index contributed by atoms with van der Waals surface area (Å²) in [5, 5.41) is 14.2. The van der Waals surface area contributed by atoms with Crippen molar-refractivity contribution in [1.29, 1.82) is 0 Å². The van der Waals surface area contributed by atoms with Crippen LogP contribution in [0.15, 0.2) is 18.2 Å². The maximum Gasteiger partial charge on any atom is 0.273 e. The van der Waals surface area contributed by atoms with E-state index in [2.05, 4.69) is 29.1 Å².